The number of aromatic nitrogens is 2. The lowest BCUT2D eigenvalue weighted by molar-refractivity contribution is -0.143. The Hall–Kier alpha value is -3.73. The van der Waals surface area contributed by atoms with Gasteiger partial charge >= 0.3 is 11.9 Å². The van der Waals surface area contributed by atoms with Crippen LogP contribution in [0.25, 0.3) is 10.9 Å². The number of nitrogens with one attached hydrogen (secondary N) is 1. The number of benzene rings is 1. The number of nitrogens with zero attached hydrogens (tertiary/aromatic N) is 3. The zero-order valence-electron chi connectivity index (χ0n) is 18.4. The number of amides is 1. The minimum absolute atomic E-state index is 0.180. The number of thiophene rings is 1. The van der Waals surface area contributed by atoms with E-state index in [2.05, 4.69) is 9.97 Å². The monoisotopic (exact) mass is 472 g/mol. The van der Waals surface area contributed by atoms with Gasteiger partial charge in [-0.1, -0.05) is 6.07 Å². The predicted molar refractivity (Wildman–Crippen MR) is 124 cm³/mol. The van der Waals surface area contributed by atoms with Crippen LogP contribution in [0.1, 0.15) is 33.9 Å². The number of fused-ring (bicyclic) bond motifs is 1. The maximum atomic E-state index is 12.8. The Morgan fingerprint density at radius 1 is 1.15 bits per heavy atom. The highest BCUT2D eigenvalue weighted by molar-refractivity contribution is 7.17. The molecule has 1 atom stereocenters. The van der Waals surface area contributed by atoms with Crippen LogP contribution in [0, 0.1) is 6.92 Å². The predicted octanol–water partition coefficient (Wildman–Crippen LogP) is 2.32. The van der Waals surface area contributed by atoms with Crippen LogP contribution in [0.5, 0.6) is 0 Å². The second-order valence-electron chi connectivity index (χ2n) is 7.70. The lowest BCUT2D eigenvalue weighted by Crippen LogP contribution is -2.42. The summed E-state index contributed by atoms with van der Waals surface area (Å²) in [6.07, 6.45) is -0.531. The minimum Gasteiger partial charge on any atom is -0.481 e. The number of carbonyl (C=O) groups is 3. The lowest BCUT2D eigenvalue weighted by atomic mass is 10.1. The number of likely N-dealkylation sites (N-methyl/N-ethyl adjacent to an activating group) is 1. The average Bonchev–Trinajstić information content (AvgIpc) is 3.23. The number of hydrogen-bond donors (Lipinski definition) is 3. The topological polar surface area (TPSA) is 144 Å². The van der Waals surface area contributed by atoms with Crippen molar-refractivity contribution in [3.8, 4) is 0 Å². The van der Waals surface area contributed by atoms with Gasteiger partial charge in [0.2, 0.25) is 0 Å². The van der Waals surface area contributed by atoms with E-state index in [-0.39, 0.29) is 18.4 Å². The van der Waals surface area contributed by atoms with Gasteiger partial charge in [0.05, 0.1) is 20.8 Å². The molecule has 0 fully saturated rings. The van der Waals surface area contributed by atoms with Crippen molar-refractivity contribution < 1.29 is 24.6 Å². The lowest BCUT2D eigenvalue weighted by Gasteiger charge is -2.24. The first-order valence-electron chi connectivity index (χ1n) is 10.1. The summed E-state index contributed by atoms with van der Waals surface area (Å²) in [5.74, 6) is -2.32. The summed E-state index contributed by atoms with van der Waals surface area (Å²) in [6.45, 7) is 2.20. The Kier molecular flexibility index (Phi) is 7.12. The molecule has 0 saturated carbocycles. The van der Waals surface area contributed by atoms with Crippen LogP contribution in [0.3, 0.4) is 0 Å². The second kappa shape index (κ2) is 9.82. The number of carbonyl (C=O) groups excluding carboxylic acids is 1. The molecule has 0 saturated heterocycles. The van der Waals surface area contributed by atoms with Crippen molar-refractivity contribution in [2.45, 2.75) is 32.4 Å². The summed E-state index contributed by atoms with van der Waals surface area (Å²) in [5.41, 5.74) is 1.30. The SMILES string of the molecule is Cc1nc2ccc(CN(C)c3ccc(C(=O)N(C)[C@@H](CCC(=O)O)C(=O)O)s3)cc2c(=O)[nH]1. The molecule has 0 bridgehead atoms. The summed E-state index contributed by atoms with van der Waals surface area (Å²) < 4.78 is 0. The van der Waals surface area contributed by atoms with Crippen molar-refractivity contribution in [3.63, 3.8) is 0 Å². The first-order chi connectivity index (χ1) is 15.6. The maximum Gasteiger partial charge on any atom is 0.326 e. The molecule has 2 heterocycles. The summed E-state index contributed by atoms with van der Waals surface area (Å²) in [6, 6.07) is 7.61. The first-order valence-corrected chi connectivity index (χ1v) is 10.9. The number of carboxylic acid groups (broad SMARTS) is 2. The number of aliphatic carboxylic acids is 2. The van der Waals surface area contributed by atoms with Crippen LogP contribution in [0.15, 0.2) is 35.1 Å². The largest absolute Gasteiger partial charge is 0.481 e. The number of rotatable bonds is 9. The summed E-state index contributed by atoms with van der Waals surface area (Å²) in [4.78, 5) is 57.7. The van der Waals surface area contributed by atoms with Crippen molar-refractivity contribution in [1.82, 2.24) is 14.9 Å². The van der Waals surface area contributed by atoms with Crippen LogP contribution >= 0.6 is 11.3 Å². The Morgan fingerprint density at radius 2 is 1.88 bits per heavy atom. The van der Waals surface area contributed by atoms with E-state index in [1.54, 1.807) is 31.2 Å². The fraction of sp³-hybridized carbons (Fsp3) is 0.318. The number of carboxylic acids is 2. The Morgan fingerprint density at radius 3 is 2.55 bits per heavy atom. The van der Waals surface area contributed by atoms with Gasteiger partial charge in [0.1, 0.15) is 11.9 Å². The van der Waals surface area contributed by atoms with Gasteiger partial charge in [0, 0.05) is 27.1 Å². The van der Waals surface area contributed by atoms with E-state index in [4.69, 9.17) is 5.11 Å². The molecule has 2 aromatic heterocycles. The van der Waals surface area contributed by atoms with E-state index in [0.29, 0.717) is 28.1 Å². The molecule has 3 N–H and O–H groups in total. The van der Waals surface area contributed by atoms with Crippen molar-refractivity contribution in [2.75, 3.05) is 19.0 Å². The first kappa shape index (κ1) is 23.9. The molecule has 0 aliphatic carbocycles. The summed E-state index contributed by atoms with van der Waals surface area (Å²) in [7, 11) is 3.20. The Balaban J connectivity index is 1.74. The third-order valence-corrected chi connectivity index (χ3v) is 6.38. The highest BCUT2D eigenvalue weighted by Gasteiger charge is 2.28. The van der Waals surface area contributed by atoms with E-state index in [9.17, 15) is 24.3 Å². The number of aromatic amines is 1. The maximum absolute atomic E-state index is 12.8. The van der Waals surface area contributed by atoms with E-state index < -0.39 is 23.9 Å². The van der Waals surface area contributed by atoms with Crippen molar-refractivity contribution in [1.29, 1.82) is 0 Å². The van der Waals surface area contributed by atoms with Gasteiger partial charge in [0.25, 0.3) is 11.5 Å². The summed E-state index contributed by atoms with van der Waals surface area (Å²) in [5, 5.41) is 19.5. The van der Waals surface area contributed by atoms with Gasteiger partial charge in [-0.15, -0.1) is 11.3 Å². The Bertz CT molecular complexity index is 1270. The van der Waals surface area contributed by atoms with E-state index in [1.807, 2.05) is 18.0 Å². The number of anilines is 1. The van der Waals surface area contributed by atoms with E-state index in [1.165, 1.54) is 18.4 Å². The van der Waals surface area contributed by atoms with Crippen LogP contribution < -0.4 is 10.5 Å². The zero-order valence-corrected chi connectivity index (χ0v) is 19.2. The highest BCUT2D eigenvalue weighted by atomic mass is 32.1. The molecule has 1 amide bonds. The number of aryl methyl sites for hydroxylation is 1. The fourth-order valence-corrected chi connectivity index (χ4v) is 4.41. The average molecular weight is 473 g/mol. The van der Waals surface area contributed by atoms with E-state index >= 15 is 0 Å². The van der Waals surface area contributed by atoms with Gasteiger partial charge in [-0.2, -0.15) is 0 Å². The van der Waals surface area contributed by atoms with Gasteiger partial charge in [-0.05, 0) is 43.2 Å². The van der Waals surface area contributed by atoms with Gasteiger partial charge in [-0.25, -0.2) is 9.78 Å². The molecule has 1 aromatic carbocycles. The molecule has 0 aliphatic heterocycles. The molecule has 174 valence electrons. The van der Waals surface area contributed by atoms with Crippen molar-refractivity contribution >= 4 is 45.1 Å². The molecule has 33 heavy (non-hydrogen) atoms. The number of H-pyrrole nitrogens is 1. The highest BCUT2D eigenvalue weighted by Crippen LogP contribution is 2.28. The van der Waals surface area contributed by atoms with E-state index in [0.717, 1.165) is 15.5 Å². The molecule has 11 heteroatoms. The molecule has 3 aromatic rings. The normalized spacial score (nSPS) is 11.8. The van der Waals surface area contributed by atoms with Gasteiger partial charge in [-0.3, -0.25) is 14.4 Å². The van der Waals surface area contributed by atoms with Crippen LogP contribution in [0.2, 0.25) is 0 Å². The van der Waals surface area contributed by atoms with Crippen LogP contribution in [-0.2, 0) is 16.1 Å². The fourth-order valence-electron chi connectivity index (χ4n) is 3.46. The third-order valence-electron chi connectivity index (χ3n) is 5.19. The molecular weight excluding hydrogens is 448 g/mol. The van der Waals surface area contributed by atoms with Gasteiger partial charge in [0.15, 0.2) is 0 Å². The van der Waals surface area contributed by atoms with Crippen molar-refractivity contribution in [3.05, 3.63) is 57.0 Å². The standard InChI is InChI=1S/C22H24N4O6S/c1-12-23-15-5-4-13(10-14(15)20(29)24-12)11-25(2)18-8-7-17(33-18)21(30)26(3)16(22(31)32)6-9-19(27)28/h4-5,7-8,10,16H,6,9,11H2,1-3H3,(H,27,28)(H,31,32)(H,23,24,29)/t16-/m0/s1. The quantitative estimate of drug-likeness (QED) is 0.430. The molecule has 0 radical (unpaired) electrons. The van der Waals surface area contributed by atoms with Crippen LogP contribution in [0.4, 0.5) is 5.00 Å². The molecule has 0 spiro atoms. The van der Waals surface area contributed by atoms with Crippen LogP contribution in [-0.4, -0.2) is 63.1 Å². The molecule has 3 rings (SSSR count). The molecule has 0 unspecified atom stereocenters. The molecular formula is C22H24N4O6S. The Labute approximate surface area is 193 Å². The third kappa shape index (κ3) is 5.55. The summed E-state index contributed by atoms with van der Waals surface area (Å²) >= 11 is 1.20. The zero-order chi connectivity index (χ0) is 24.3. The molecule has 10 nitrogen and oxygen atoms in total. The molecule has 0 aliphatic rings. The minimum atomic E-state index is -1.25. The smallest absolute Gasteiger partial charge is 0.326 e. The number of hydrogen-bond acceptors (Lipinski definition) is 7. The van der Waals surface area contributed by atoms with Crippen molar-refractivity contribution in [2.24, 2.45) is 0 Å². The second-order valence-corrected chi connectivity index (χ2v) is 8.76. The van der Waals surface area contributed by atoms with Gasteiger partial charge < -0.3 is 25.0 Å².